The second-order valence-corrected chi connectivity index (χ2v) is 2.79. The molecule has 0 aromatic carbocycles. The molecule has 0 aromatic heterocycles. The van der Waals surface area contributed by atoms with Gasteiger partial charge in [0.1, 0.15) is 0 Å². The maximum absolute atomic E-state index is 9.89. The van der Waals surface area contributed by atoms with Crippen molar-refractivity contribution < 1.29 is 4.79 Å². The fourth-order valence-corrected chi connectivity index (χ4v) is 0.745. The first-order chi connectivity index (χ1) is 3.27. The van der Waals surface area contributed by atoms with Crippen molar-refractivity contribution in [1.29, 1.82) is 0 Å². The summed E-state index contributed by atoms with van der Waals surface area (Å²) >= 11 is 0. The number of amides is 2. The van der Waals surface area contributed by atoms with Crippen molar-refractivity contribution in [2.45, 2.75) is 6.55 Å². The molecule has 0 unspecified atom stereocenters. The minimum Gasteiger partial charge on any atom is -0.352 e. The van der Waals surface area contributed by atoms with Crippen molar-refractivity contribution in [3.05, 3.63) is 0 Å². The fourth-order valence-electron chi connectivity index (χ4n) is 0.248. The van der Waals surface area contributed by atoms with Crippen LogP contribution >= 0.6 is 0 Å². The third kappa shape index (κ3) is 5.49. The van der Waals surface area contributed by atoms with Crippen molar-refractivity contribution in [1.82, 2.24) is 5.32 Å². The lowest BCUT2D eigenvalue weighted by atomic mass is 11.0. The van der Waals surface area contributed by atoms with Crippen LogP contribution in [0.1, 0.15) is 0 Å². The molecule has 2 amide bonds. The van der Waals surface area contributed by atoms with E-state index in [2.05, 4.69) is 11.9 Å². The molecule has 0 aromatic rings. The molecule has 42 valence electrons. The third-order valence-corrected chi connectivity index (χ3v) is 1.30. The van der Waals surface area contributed by atoms with E-state index in [4.69, 9.17) is 5.73 Å². The lowest BCUT2D eigenvalue weighted by Gasteiger charge is -1.92. The molecule has 3 nitrogen and oxygen atoms in total. The molecule has 7 heavy (non-hydrogen) atoms. The van der Waals surface area contributed by atoms with Crippen LogP contribution in [-0.2, 0) is 0 Å². The van der Waals surface area contributed by atoms with Crippen LogP contribution in [0.25, 0.3) is 0 Å². The maximum atomic E-state index is 9.89. The number of nitrogens with two attached hydrogens (primary N) is 1. The first kappa shape index (κ1) is 6.49. The molecule has 0 aliphatic rings. The van der Waals surface area contributed by atoms with E-state index in [1.807, 2.05) is 0 Å². The Morgan fingerprint density at radius 1 is 2.00 bits per heavy atom. The SMILES string of the molecule is C[SiH2]CNC(N)=O. The van der Waals surface area contributed by atoms with Crippen molar-refractivity contribution in [2.24, 2.45) is 5.73 Å². The zero-order chi connectivity index (χ0) is 5.70. The average Bonchev–Trinajstić information content (AvgIpc) is 1.61. The van der Waals surface area contributed by atoms with Crippen LogP contribution in [-0.4, -0.2) is 21.7 Å². The van der Waals surface area contributed by atoms with E-state index in [9.17, 15) is 4.79 Å². The van der Waals surface area contributed by atoms with Gasteiger partial charge in [-0.3, -0.25) is 0 Å². The van der Waals surface area contributed by atoms with Crippen molar-refractivity contribution in [2.75, 3.05) is 6.17 Å². The van der Waals surface area contributed by atoms with Crippen molar-refractivity contribution >= 4 is 15.6 Å². The minimum atomic E-state index is -0.408. The summed E-state index contributed by atoms with van der Waals surface area (Å²) in [5.41, 5.74) is 4.75. The van der Waals surface area contributed by atoms with Crippen molar-refractivity contribution in [3.8, 4) is 0 Å². The van der Waals surface area contributed by atoms with Crippen LogP contribution in [0.5, 0.6) is 0 Å². The Morgan fingerprint density at radius 3 is 2.71 bits per heavy atom. The molecule has 0 spiro atoms. The molecule has 0 fully saturated rings. The Kier molecular flexibility index (Phi) is 3.40. The van der Waals surface area contributed by atoms with E-state index < -0.39 is 6.03 Å². The molecule has 0 atom stereocenters. The minimum absolute atomic E-state index is 0.0408. The van der Waals surface area contributed by atoms with Crippen molar-refractivity contribution in [3.63, 3.8) is 0 Å². The molecule has 3 N–H and O–H groups in total. The molecule has 0 rings (SSSR count). The Balaban J connectivity index is 2.82. The highest BCUT2D eigenvalue weighted by Crippen LogP contribution is 1.53. The van der Waals surface area contributed by atoms with Gasteiger partial charge in [0.25, 0.3) is 0 Å². The summed E-state index contributed by atoms with van der Waals surface area (Å²) in [4.78, 5) is 9.89. The van der Waals surface area contributed by atoms with E-state index >= 15 is 0 Å². The summed E-state index contributed by atoms with van der Waals surface area (Å²) in [7, 11) is -0.0408. The monoisotopic (exact) mass is 118 g/mol. The highest BCUT2D eigenvalue weighted by atomic mass is 28.2. The normalized spacial score (nSPS) is 9.86. The Morgan fingerprint density at radius 2 is 2.57 bits per heavy atom. The lowest BCUT2D eigenvalue weighted by Crippen LogP contribution is -2.31. The first-order valence-corrected chi connectivity index (χ1v) is 4.72. The number of primary amides is 1. The number of carbonyl (C=O) groups excluding carboxylic acids is 1. The fraction of sp³-hybridized carbons (Fsp3) is 0.667. The molecule has 4 heteroatoms. The summed E-state index contributed by atoms with van der Waals surface area (Å²) in [5.74, 6) is 0. The van der Waals surface area contributed by atoms with Gasteiger partial charge in [0.15, 0.2) is 0 Å². The summed E-state index contributed by atoms with van der Waals surface area (Å²) in [6.07, 6.45) is 0.815. The number of carbonyl (C=O) groups is 1. The van der Waals surface area contributed by atoms with Gasteiger partial charge in [-0.15, -0.1) is 0 Å². The van der Waals surface area contributed by atoms with Gasteiger partial charge in [-0.25, -0.2) is 4.79 Å². The highest BCUT2D eigenvalue weighted by Gasteiger charge is 1.84. The smallest absolute Gasteiger partial charge is 0.311 e. The van der Waals surface area contributed by atoms with Crippen LogP contribution in [0.4, 0.5) is 4.79 Å². The van der Waals surface area contributed by atoms with Gasteiger partial charge < -0.3 is 11.1 Å². The summed E-state index contributed by atoms with van der Waals surface area (Å²) < 4.78 is 0. The van der Waals surface area contributed by atoms with E-state index in [1.165, 1.54) is 0 Å². The molecule has 0 aliphatic carbocycles. The van der Waals surface area contributed by atoms with Crippen LogP contribution in [0, 0.1) is 0 Å². The molecule has 0 bridgehead atoms. The predicted octanol–water partition coefficient (Wildman–Crippen LogP) is -1.17. The van der Waals surface area contributed by atoms with Gasteiger partial charge in [-0.2, -0.15) is 0 Å². The predicted molar refractivity (Wildman–Crippen MR) is 32.0 cm³/mol. The van der Waals surface area contributed by atoms with E-state index in [0.717, 1.165) is 6.17 Å². The maximum Gasteiger partial charge on any atom is 0.311 e. The van der Waals surface area contributed by atoms with Gasteiger partial charge in [-0.05, 0) is 0 Å². The number of nitrogens with one attached hydrogen (secondary N) is 1. The summed E-state index contributed by atoms with van der Waals surface area (Å²) in [6, 6.07) is -0.408. The van der Waals surface area contributed by atoms with Gasteiger partial charge in [0.05, 0.1) is 0 Å². The standard InChI is InChI=1S/C3H10N2OSi/c1-7-2-5-3(4)6/h2,7H2,1H3,(H3,4,5,6). The first-order valence-electron chi connectivity index (χ1n) is 2.30. The van der Waals surface area contributed by atoms with Gasteiger partial charge in [0, 0.05) is 15.7 Å². The molecular weight excluding hydrogens is 108 g/mol. The highest BCUT2D eigenvalue weighted by molar-refractivity contribution is 6.34. The van der Waals surface area contributed by atoms with Gasteiger partial charge >= 0.3 is 6.03 Å². The largest absolute Gasteiger partial charge is 0.352 e. The van der Waals surface area contributed by atoms with Crippen LogP contribution in [0.3, 0.4) is 0 Å². The zero-order valence-electron chi connectivity index (χ0n) is 4.40. The molecular formula is C3H10N2OSi. The molecule has 0 saturated carbocycles. The zero-order valence-corrected chi connectivity index (χ0v) is 5.81. The average molecular weight is 118 g/mol. The molecule has 0 radical (unpaired) electrons. The van der Waals surface area contributed by atoms with E-state index in [1.54, 1.807) is 0 Å². The van der Waals surface area contributed by atoms with Gasteiger partial charge in [-0.1, -0.05) is 6.55 Å². The lowest BCUT2D eigenvalue weighted by molar-refractivity contribution is 0.250. The third-order valence-electron chi connectivity index (χ3n) is 0.549. The summed E-state index contributed by atoms with van der Waals surface area (Å²) in [5, 5.41) is 2.50. The Labute approximate surface area is 45.1 Å². The summed E-state index contributed by atoms with van der Waals surface area (Å²) in [6.45, 7) is 2.11. The van der Waals surface area contributed by atoms with Crippen LogP contribution in [0.15, 0.2) is 0 Å². The van der Waals surface area contributed by atoms with E-state index in [-0.39, 0.29) is 9.52 Å². The Bertz CT molecular complexity index is 66.0. The second-order valence-electron chi connectivity index (χ2n) is 1.29. The van der Waals surface area contributed by atoms with Crippen LogP contribution in [0.2, 0.25) is 6.55 Å². The number of hydrogen-bond acceptors (Lipinski definition) is 1. The number of rotatable bonds is 2. The Hall–Kier alpha value is -0.513. The van der Waals surface area contributed by atoms with Crippen LogP contribution < -0.4 is 11.1 Å². The molecule has 0 heterocycles. The topological polar surface area (TPSA) is 55.1 Å². The molecule has 0 saturated heterocycles. The second kappa shape index (κ2) is 3.67. The number of urea groups is 1. The molecule has 0 aliphatic heterocycles. The van der Waals surface area contributed by atoms with Gasteiger partial charge in [0.2, 0.25) is 0 Å². The van der Waals surface area contributed by atoms with E-state index in [0.29, 0.717) is 0 Å². The number of hydrogen-bond donors (Lipinski definition) is 2. The quantitative estimate of drug-likeness (QED) is 0.441.